The van der Waals surface area contributed by atoms with Crippen LogP contribution in [0.15, 0.2) is 12.2 Å². The molecule has 0 aromatic carbocycles. The van der Waals surface area contributed by atoms with Crippen molar-refractivity contribution >= 4 is 70.6 Å². The second-order valence-corrected chi connectivity index (χ2v) is 29.7. The maximum Gasteiger partial charge on any atom is 0.326 e. The van der Waals surface area contributed by atoms with Gasteiger partial charge in [-0.2, -0.15) is 0 Å². The molecular weight excluding hydrogens is 1230 g/mol. The Morgan fingerprint density at radius 1 is 0.510 bits per heavy atom. The van der Waals surface area contributed by atoms with Crippen LogP contribution >= 0.6 is 0 Å². The number of Topliss-reactive ketones (excluding diaryl/α,β-unsaturated/α-hetero) is 3. The predicted molar refractivity (Wildman–Crippen MR) is 372 cm³/mol. The van der Waals surface area contributed by atoms with Gasteiger partial charge in [0.25, 0.3) is 0 Å². The highest BCUT2D eigenvalue weighted by Crippen LogP contribution is 2.30. The number of ketones is 3. The number of carbonyl (C=O) groups excluding carboxylic acids is 11. The second-order valence-electron chi connectivity index (χ2n) is 29.7. The molecule has 24 nitrogen and oxygen atoms in total. The molecule has 0 saturated heterocycles. The molecule has 0 spiro atoms. The van der Waals surface area contributed by atoms with Crippen molar-refractivity contribution in [2.75, 3.05) is 69.7 Å². The number of esters is 1. The molecule has 7 amide bonds. The first-order valence-electron chi connectivity index (χ1n) is 34.5. The first-order valence-corrected chi connectivity index (χ1v) is 34.5. The number of methoxy groups -OCH3 is 1. The SMILES string of the molecule is C/C=C/C[C@@H](C)[C@@H](OC(C)=O)[C@@H](C(=O)N[C@@H](CC)C(=O)O)N(C)C(=O)[C@H](C(C)C)N(C)C(=O)[C@H](CC(C)C)N(C)C(=O)[C@H](CC(C)C)N(C)C(=O)[C@@H](C)CC(=O)[C@H](C)CC(=O)[C@H](CC(C)C)N(C)C(=O)[C@@H](CC(=O)[C@H]([C@H](C)COC)N(C)C(=O)[C@@H](COC(C)(C)C)NC)C(C)C. The van der Waals surface area contributed by atoms with Gasteiger partial charge >= 0.3 is 11.9 Å². The van der Waals surface area contributed by atoms with E-state index in [2.05, 4.69) is 10.6 Å². The van der Waals surface area contributed by atoms with Crippen molar-refractivity contribution in [3.8, 4) is 0 Å². The highest BCUT2D eigenvalue weighted by molar-refractivity contribution is 5.99. The molecular formula is C72H128N8O16. The number of rotatable bonds is 44. The Balaban J connectivity index is 7.09. The van der Waals surface area contributed by atoms with E-state index in [1.807, 2.05) is 82.2 Å². The molecule has 96 heavy (non-hydrogen) atoms. The van der Waals surface area contributed by atoms with Crippen LogP contribution in [0.4, 0.5) is 0 Å². The number of ether oxygens (including phenoxy) is 3. The number of hydrogen-bond acceptors (Lipinski definition) is 16. The van der Waals surface area contributed by atoms with Crippen molar-refractivity contribution in [3.05, 3.63) is 12.2 Å². The summed E-state index contributed by atoms with van der Waals surface area (Å²) in [5.74, 6) is -12.4. The minimum Gasteiger partial charge on any atom is -0.480 e. The highest BCUT2D eigenvalue weighted by atomic mass is 16.5. The quantitative estimate of drug-likeness (QED) is 0.0396. The first-order chi connectivity index (χ1) is 44.2. The van der Waals surface area contributed by atoms with E-state index in [-0.39, 0.29) is 99.3 Å². The Morgan fingerprint density at radius 2 is 0.969 bits per heavy atom. The maximum atomic E-state index is 15.2. The molecule has 0 aliphatic rings. The monoisotopic (exact) mass is 1360 g/mol. The molecule has 552 valence electrons. The summed E-state index contributed by atoms with van der Waals surface area (Å²) in [5.41, 5.74) is -0.527. The average Bonchev–Trinajstić information content (AvgIpc) is 0.805. The molecule has 0 rings (SSSR count). The van der Waals surface area contributed by atoms with E-state index in [0.717, 1.165) is 11.8 Å². The van der Waals surface area contributed by atoms with Gasteiger partial charge in [0, 0.05) is 99.3 Å². The van der Waals surface area contributed by atoms with Gasteiger partial charge in [-0.05, 0) is 102 Å². The Kier molecular flexibility index (Phi) is 39.3. The summed E-state index contributed by atoms with van der Waals surface area (Å²) in [7, 11) is 11.9. The van der Waals surface area contributed by atoms with Gasteiger partial charge in [0.05, 0.1) is 30.9 Å². The summed E-state index contributed by atoms with van der Waals surface area (Å²) in [4.78, 5) is 179. The molecule has 0 bridgehead atoms. The summed E-state index contributed by atoms with van der Waals surface area (Å²) in [6.07, 6.45) is 2.45. The summed E-state index contributed by atoms with van der Waals surface area (Å²) in [6.45, 7) is 35.5. The first kappa shape index (κ1) is 89.9. The highest BCUT2D eigenvalue weighted by Gasteiger charge is 2.47. The van der Waals surface area contributed by atoms with Crippen LogP contribution in [0.3, 0.4) is 0 Å². The molecule has 0 unspecified atom stereocenters. The van der Waals surface area contributed by atoms with Gasteiger partial charge in [0.2, 0.25) is 41.4 Å². The number of aliphatic carboxylic acids is 1. The zero-order valence-electron chi connectivity index (χ0n) is 63.9. The molecule has 0 aromatic heterocycles. The Labute approximate surface area is 576 Å². The number of allylic oxidation sites excluding steroid dienone is 2. The van der Waals surface area contributed by atoms with E-state index < -0.39 is 149 Å². The predicted octanol–water partition coefficient (Wildman–Crippen LogP) is 7.36. The van der Waals surface area contributed by atoms with Crippen LogP contribution in [-0.2, 0) is 71.7 Å². The molecule has 14 atom stereocenters. The molecule has 3 N–H and O–H groups in total. The topological polar surface area (TPSA) is 296 Å². The molecule has 0 radical (unpaired) electrons. The van der Waals surface area contributed by atoms with Crippen LogP contribution in [-0.4, -0.2) is 235 Å². The minimum absolute atomic E-state index is 0.00641. The molecule has 0 aliphatic carbocycles. The normalized spacial score (nSPS) is 16.4. The van der Waals surface area contributed by atoms with E-state index in [1.165, 1.54) is 66.8 Å². The molecule has 0 heterocycles. The van der Waals surface area contributed by atoms with Gasteiger partial charge in [-0.1, -0.05) is 116 Å². The number of carboxylic acid groups (broad SMARTS) is 1. The zero-order valence-corrected chi connectivity index (χ0v) is 63.9. The number of likely N-dealkylation sites (N-methyl/N-ethyl adjacent to an activating group) is 7. The van der Waals surface area contributed by atoms with Gasteiger partial charge < -0.3 is 59.4 Å². The third-order valence-electron chi connectivity index (χ3n) is 18.0. The molecule has 24 heteroatoms. The van der Waals surface area contributed by atoms with Crippen molar-refractivity contribution in [1.29, 1.82) is 0 Å². The van der Waals surface area contributed by atoms with Crippen molar-refractivity contribution in [3.63, 3.8) is 0 Å². The lowest BCUT2D eigenvalue weighted by Gasteiger charge is -2.42. The van der Waals surface area contributed by atoms with E-state index in [9.17, 15) is 48.3 Å². The van der Waals surface area contributed by atoms with Gasteiger partial charge in [-0.3, -0.25) is 52.7 Å². The molecule has 0 aromatic rings. The standard InChI is InChI=1S/C72H128N8O16/c1-29-31-32-46(13)63(96-50(17)81)62(64(85)74-52(30-2)71(92)93)80(27)70(91)60(45(11)12)78(25)69(90)56(35-43(7)8)77(24)68(89)55(34-42(5)6)76(23)65(86)48(15)37-57(82)47(14)36-58(83)54(33-41(3)4)75(22)66(87)51(44(9)10)38-59(84)61(49(16)39-94-28)79(26)67(88)53(73-21)40-95-72(18,19)20/h29,31,41-49,51-56,60-63,73H,30,32-40H2,1-28H3,(H,74,85)(H,92,93)/b31-29+/t46-,47-,48+,49-,51+,52+,53-,54+,55+,56+,60+,61+,62+,63-/m1/s1. The van der Waals surface area contributed by atoms with Crippen LogP contribution in [0, 0.1) is 59.2 Å². The Morgan fingerprint density at radius 3 is 1.40 bits per heavy atom. The van der Waals surface area contributed by atoms with Crippen LogP contribution < -0.4 is 10.6 Å². The van der Waals surface area contributed by atoms with Gasteiger partial charge in [0.1, 0.15) is 48.1 Å². The second kappa shape index (κ2) is 42.0. The summed E-state index contributed by atoms with van der Waals surface area (Å²) < 4.78 is 17.1. The fourth-order valence-electron chi connectivity index (χ4n) is 12.3. The van der Waals surface area contributed by atoms with Crippen molar-refractivity contribution in [2.45, 2.75) is 250 Å². The van der Waals surface area contributed by atoms with Crippen molar-refractivity contribution in [1.82, 2.24) is 40.0 Å². The van der Waals surface area contributed by atoms with E-state index in [0.29, 0.717) is 6.42 Å². The van der Waals surface area contributed by atoms with E-state index >= 15 is 14.4 Å². The lowest BCUT2D eigenvalue weighted by molar-refractivity contribution is -0.164. The lowest BCUT2D eigenvalue weighted by Crippen LogP contribution is -2.63. The van der Waals surface area contributed by atoms with Crippen molar-refractivity contribution in [2.24, 2.45) is 59.2 Å². The van der Waals surface area contributed by atoms with Crippen molar-refractivity contribution < 1.29 is 76.9 Å². The summed E-state index contributed by atoms with van der Waals surface area (Å²) in [6, 6.07) is -9.15. The number of nitrogens with zero attached hydrogens (tertiary/aromatic N) is 6. The van der Waals surface area contributed by atoms with Gasteiger partial charge in [-0.25, -0.2) is 4.79 Å². The zero-order chi connectivity index (χ0) is 74.9. The van der Waals surface area contributed by atoms with E-state index in [1.54, 1.807) is 75.6 Å². The van der Waals surface area contributed by atoms with Crippen LogP contribution in [0.2, 0.25) is 0 Å². The Bertz CT molecular complexity index is 2600. The van der Waals surface area contributed by atoms with Crippen LogP contribution in [0.25, 0.3) is 0 Å². The number of carboxylic acids is 1. The fourth-order valence-corrected chi connectivity index (χ4v) is 12.3. The third kappa shape index (κ3) is 27.6. The maximum absolute atomic E-state index is 15.2. The molecule has 0 aliphatic heterocycles. The Hall–Kier alpha value is -6.14. The number of hydrogen-bond donors (Lipinski definition) is 3. The van der Waals surface area contributed by atoms with E-state index in [4.69, 9.17) is 14.2 Å². The third-order valence-corrected chi connectivity index (χ3v) is 18.0. The smallest absolute Gasteiger partial charge is 0.326 e. The summed E-state index contributed by atoms with van der Waals surface area (Å²) in [5, 5.41) is 15.4. The largest absolute Gasteiger partial charge is 0.480 e. The minimum atomic E-state index is -1.55. The van der Waals surface area contributed by atoms with Gasteiger partial charge in [-0.15, -0.1) is 0 Å². The number of amides is 7. The molecule has 0 saturated carbocycles. The van der Waals surface area contributed by atoms with Crippen LogP contribution in [0.5, 0.6) is 0 Å². The summed E-state index contributed by atoms with van der Waals surface area (Å²) >= 11 is 0. The average molecular weight is 1360 g/mol. The van der Waals surface area contributed by atoms with Crippen LogP contribution in [0.1, 0.15) is 190 Å². The number of nitrogens with one attached hydrogen (secondary N) is 2. The van der Waals surface area contributed by atoms with Gasteiger partial charge in [0.15, 0.2) is 11.6 Å². The fraction of sp³-hybridized carbons (Fsp3) is 0.806. The lowest BCUT2D eigenvalue weighted by atomic mass is 9.83. The number of carbonyl (C=O) groups is 12. The molecule has 0 fully saturated rings.